The summed E-state index contributed by atoms with van der Waals surface area (Å²) in [6.07, 6.45) is 2.89. The lowest BCUT2D eigenvalue weighted by atomic mass is 10.3. The third kappa shape index (κ3) is 7.99. The normalized spacial score (nSPS) is 16.7. The predicted molar refractivity (Wildman–Crippen MR) is 80.6 cm³/mol. The van der Waals surface area contributed by atoms with E-state index in [-0.39, 0.29) is 0 Å². The number of nitrogens with one attached hydrogen (secondary N) is 2. The maximum Gasteiger partial charge on any atom is 0.323 e. The first-order valence-corrected chi connectivity index (χ1v) is 7.73. The summed E-state index contributed by atoms with van der Waals surface area (Å²) in [5.74, 6) is -1.17. The Balaban J connectivity index is 2.04. The molecule has 0 radical (unpaired) electrons. The molecular weight excluding hydrogens is 272 g/mol. The second-order valence-electron chi connectivity index (χ2n) is 5.31. The van der Waals surface area contributed by atoms with Gasteiger partial charge >= 0.3 is 11.8 Å². The van der Waals surface area contributed by atoms with Crippen LogP contribution in [0.4, 0.5) is 0 Å². The largest absolute Gasteiger partial charge is 0.381 e. The predicted octanol–water partition coefficient (Wildman–Crippen LogP) is -0.412. The third-order valence-electron chi connectivity index (χ3n) is 3.36. The highest BCUT2D eigenvalue weighted by Gasteiger charge is 2.19. The fourth-order valence-corrected chi connectivity index (χ4v) is 1.92. The van der Waals surface area contributed by atoms with Crippen molar-refractivity contribution in [2.45, 2.75) is 26.2 Å². The van der Waals surface area contributed by atoms with Crippen LogP contribution in [0.5, 0.6) is 0 Å². The van der Waals surface area contributed by atoms with Crippen LogP contribution in [0.25, 0.3) is 0 Å². The molecule has 0 saturated carbocycles. The Bertz CT molecular complexity index is 317. The van der Waals surface area contributed by atoms with Crippen molar-refractivity contribution in [2.24, 2.45) is 0 Å². The van der Waals surface area contributed by atoms with Crippen LogP contribution in [0.2, 0.25) is 0 Å². The van der Waals surface area contributed by atoms with Crippen LogP contribution in [0.1, 0.15) is 26.2 Å². The van der Waals surface area contributed by atoms with Crippen molar-refractivity contribution >= 4 is 11.8 Å². The molecule has 0 aromatic carbocycles. The molecule has 0 aromatic rings. The number of rotatable bonds is 8. The zero-order valence-electron chi connectivity index (χ0n) is 13.2. The van der Waals surface area contributed by atoms with Crippen LogP contribution in [0.15, 0.2) is 0 Å². The summed E-state index contributed by atoms with van der Waals surface area (Å²) in [5, 5.41) is 4.39. The Morgan fingerprint density at radius 1 is 1.05 bits per heavy atom. The molecule has 0 unspecified atom stereocenters. The summed E-state index contributed by atoms with van der Waals surface area (Å²) in [4.78, 5) is 25.5. The van der Waals surface area contributed by atoms with Gasteiger partial charge in [0.2, 0.25) is 0 Å². The fraction of sp³-hybridized carbons (Fsp3) is 0.857. The van der Waals surface area contributed by atoms with E-state index in [0.717, 1.165) is 52.0 Å². The Labute approximate surface area is 127 Å². The summed E-state index contributed by atoms with van der Waals surface area (Å²) in [6, 6.07) is 0. The molecule has 1 heterocycles. The van der Waals surface area contributed by atoms with Crippen molar-refractivity contribution in [3.05, 3.63) is 0 Å². The fourth-order valence-electron chi connectivity index (χ4n) is 1.92. The number of hydrogen-bond acceptors (Lipinski definition) is 5. The van der Waals surface area contributed by atoms with Crippen LogP contribution in [0.3, 0.4) is 0 Å². The van der Waals surface area contributed by atoms with E-state index >= 15 is 0 Å². The molecule has 0 spiro atoms. The van der Waals surface area contributed by atoms with Gasteiger partial charge in [-0.1, -0.05) is 13.3 Å². The van der Waals surface area contributed by atoms with Gasteiger partial charge < -0.3 is 15.0 Å². The Kier molecular flexibility index (Phi) is 8.96. The van der Waals surface area contributed by atoms with Gasteiger partial charge in [-0.3, -0.25) is 15.0 Å². The van der Waals surface area contributed by atoms with Crippen LogP contribution in [-0.4, -0.2) is 74.7 Å². The van der Waals surface area contributed by atoms with Gasteiger partial charge in [0.25, 0.3) is 0 Å². The quantitative estimate of drug-likeness (QED) is 0.471. The van der Waals surface area contributed by atoms with E-state index in [9.17, 15) is 9.59 Å². The number of amides is 2. The van der Waals surface area contributed by atoms with Crippen molar-refractivity contribution in [1.82, 2.24) is 20.7 Å². The number of piperazine rings is 1. The second-order valence-corrected chi connectivity index (χ2v) is 5.31. The van der Waals surface area contributed by atoms with Crippen LogP contribution < -0.4 is 10.7 Å². The molecule has 2 amide bonds. The van der Waals surface area contributed by atoms with Gasteiger partial charge in [0.1, 0.15) is 0 Å². The average molecular weight is 300 g/mol. The lowest BCUT2D eigenvalue weighted by molar-refractivity contribution is -0.142. The summed E-state index contributed by atoms with van der Waals surface area (Å²) in [6.45, 7) is 7.19. The van der Waals surface area contributed by atoms with E-state index in [0.29, 0.717) is 13.2 Å². The smallest absolute Gasteiger partial charge is 0.323 e. The molecule has 122 valence electrons. The number of carbonyl (C=O) groups excluding carboxylic acids is 2. The minimum atomic E-state index is -0.591. The SMILES string of the molecule is CCCCOCCCNC(=O)C(=O)NN1CCN(C)CC1. The van der Waals surface area contributed by atoms with E-state index in [1.807, 2.05) is 7.05 Å². The van der Waals surface area contributed by atoms with E-state index in [4.69, 9.17) is 4.74 Å². The standard InChI is InChI=1S/C14H28N4O3/c1-3-4-11-21-12-5-6-15-13(19)14(20)16-18-9-7-17(2)8-10-18/h3-12H2,1-2H3,(H,15,19)(H,16,20). The van der Waals surface area contributed by atoms with Gasteiger partial charge in [0, 0.05) is 45.9 Å². The van der Waals surface area contributed by atoms with Gasteiger partial charge in [0.05, 0.1) is 0 Å². The Morgan fingerprint density at radius 3 is 2.38 bits per heavy atom. The van der Waals surface area contributed by atoms with Gasteiger partial charge in [-0.2, -0.15) is 0 Å². The van der Waals surface area contributed by atoms with Gasteiger partial charge in [-0.05, 0) is 19.9 Å². The van der Waals surface area contributed by atoms with E-state index < -0.39 is 11.8 Å². The molecule has 1 rings (SSSR count). The highest BCUT2D eigenvalue weighted by Crippen LogP contribution is 1.95. The second kappa shape index (κ2) is 10.5. The molecule has 0 aromatic heterocycles. The van der Waals surface area contributed by atoms with Crippen molar-refractivity contribution < 1.29 is 14.3 Å². The van der Waals surface area contributed by atoms with Crippen molar-refractivity contribution in [2.75, 3.05) is 53.0 Å². The summed E-state index contributed by atoms with van der Waals surface area (Å²) < 4.78 is 5.38. The molecule has 0 aliphatic carbocycles. The van der Waals surface area contributed by atoms with Crippen molar-refractivity contribution in [1.29, 1.82) is 0 Å². The monoisotopic (exact) mass is 300 g/mol. The molecule has 2 N–H and O–H groups in total. The lowest BCUT2D eigenvalue weighted by Gasteiger charge is -2.32. The third-order valence-corrected chi connectivity index (χ3v) is 3.36. The average Bonchev–Trinajstić information content (AvgIpc) is 2.48. The number of likely N-dealkylation sites (N-methyl/N-ethyl adjacent to an activating group) is 1. The maximum atomic E-state index is 11.7. The van der Waals surface area contributed by atoms with Gasteiger partial charge in [-0.25, -0.2) is 5.01 Å². The molecule has 21 heavy (non-hydrogen) atoms. The molecule has 7 heteroatoms. The number of ether oxygens (including phenoxy) is 1. The van der Waals surface area contributed by atoms with Crippen molar-refractivity contribution in [3.8, 4) is 0 Å². The highest BCUT2D eigenvalue weighted by atomic mass is 16.5. The molecule has 1 aliphatic heterocycles. The van der Waals surface area contributed by atoms with Crippen molar-refractivity contribution in [3.63, 3.8) is 0 Å². The number of nitrogens with zero attached hydrogens (tertiary/aromatic N) is 2. The van der Waals surface area contributed by atoms with Crippen LogP contribution in [-0.2, 0) is 14.3 Å². The number of hydrogen-bond donors (Lipinski definition) is 2. The van der Waals surface area contributed by atoms with E-state index in [2.05, 4.69) is 22.6 Å². The van der Waals surface area contributed by atoms with Crippen LogP contribution >= 0.6 is 0 Å². The summed E-state index contributed by atoms with van der Waals surface area (Å²) in [5.41, 5.74) is 2.63. The zero-order valence-corrected chi connectivity index (χ0v) is 13.2. The number of unbranched alkanes of at least 4 members (excludes halogenated alkanes) is 1. The summed E-state index contributed by atoms with van der Waals surface area (Å²) in [7, 11) is 2.04. The topological polar surface area (TPSA) is 73.9 Å². The highest BCUT2D eigenvalue weighted by molar-refractivity contribution is 6.34. The summed E-state index contributed by atoms with van der Waals surface area (Å²) >= 11 is 0. The first-order valence-electron chi connectivity index (χ1n) is 7.73. The van der Waals surface area contributed by atoms with Gasteiger partial charge in [0.15, 0.2) is 0 Å². The molecule has 1 saturated heterocycles. The molecule has 7 nitrogen and oxygen atoms in total. The zero-order chi connectivity index (χ0) is 15.5. The minimum Gasteiger partial charge on any atom is -0.381 e. The van der Waals surface area contributed by atoms with Gasteiger partial charge in [-0.15, -0.1) is 0 Å². The number of hydrazine groups is 1. The molecule has 0 bridgehead atoms. The van der Waals surface area contributed by atoms with E-state index in [1.165, 1.54) is 0 Å². The number of carbonyl (C=O) groups is 2. The molecular formula is C14H28N4O3. The Hall–Kier alpha value is -1.18. The maximum absolute atomic E-state index is 11.7. The first-order chi connectivity index (χ1) is 10.1. The van der Waals surface area contributed by atoms with E-state index in [1.54, 1.807) is 5.01 Å². The first kappa shape index (κ1) is 17.9. The Morgan fingerprint density at radius 2 is 1.71 bits per heavy atom. The minimum absolute atomic E-state index is 0.459. The lowest BCUT2D eigenvalue weighted by Crippen LogP contribution is -2.55. The molecule has 1 fully saturated rings. The molecule has 0 atom stereocenters. The van der Waals surface area contributed by atoms with Crippen LogP contribution in [0, 0.1) is 0 Å². The molecule has 1 aliphatic rings.